The summed E-state index contributed by atoms with van der Waals surface area (Å²) in [5.74, 6) is 1.72. The molecular weight excluding hydrogens is 380 g/mol. The Balaban J connectivity index is 1.52. The normalized spacial score (nSPS) is 14.7. The maximum Gasteiger partial charge on any atom is 0.234 e. The summed E-state index contributed by atoms with van der Waals surface area (Å²) in [7, 11) is 0. The van der Waals surface area contributed by atoms with E-state index in [-0.39, 0.29) is 5.91 Å². The van der Waals surface area contributed by atoms with Crippen LogP contribution in [0.1, 0.15) is 49.4 Å². The van der Waals surface area contributed by atoms with Gasteiger partial charge in [0.1, 0.15) is 5.82 Å². The largest absolute Gasteiger partial charge is 0.325 e. The molecule has 5 nitrogen and oxygen atoms in total. The smallest absolute Gasteiger partial charge is 0.234 e. The van der Waals surface area contributed by atoms with Crippen molar-refractivity contribution in [2.75, 3.05) is 11.1 Å². The van der Waals surface area contributed by atoms with E-state index in [4.69, 9.17) is 0 Å². The first-order chi connectivity index (χ1) is 14.2. The van der Waals surface area contributed by atoms with Crippen LogP contribution < -0.4 is 5.32 Å². The monoisotopic (exact) mass is 406 g/mol. The van der Waals surface area contributed by atoms with E-state index in [2.05, 4.69) is 32.2 Å². The Kier molecular flexibility index (Phi) is 6.30. The summed E-state index contributed by atoms with van der Waals surface area (Å²) in [6.07, 6.45) is 6.10. The molecule has 1 aromatic heterocycles. The predicted molar refractivity (Wildman–Crippen MR) is 118 cm³/mol. The molecule has 29 heavy (non-hydrogen) atoms. The van der Waals surface area contributed by atoms with Gasteiger partial charge < -0.3 is 5.32 Å². The molecule has 2 aromatic carbocycles. The third kappa shape index (κ3) is 4.88. The molecule has 0 spiro atoms. The number of para-hydroxylation sites is 1. The first-order valence-electron chi connectivity index (χ1n) is 10.2. The van der Waals surface area contributed by atoms with Gasteiger partial charge in [-0.3, -0.25) is 9.36 Å². The number of aromatic nitrogens is 3. The van der Waals surface area contributed by atoms with Gasteiger partial charge in [-0.15, -0.1) is 10.2 Å². The van der Waals surface area contributed by atoms with Crippen LogP contribution in [0.2, 0.25) is 0 Å². The zero-order valence-electron chi connectivity index (χ0n) is 16.7. The van der Waals surface area contributed by atoms with Crippen LogP contribution in [0.5, 0.6) is 0 Å². The number of aryl methyl sites for hydroxylation is 1. The number of thioether (sulfide) groups is 1. The van der Waals surface area contributed by atoms with Crippen LogP contribution in [0.4, 0.5) is 5.69 Å². The summed E-state index contributed by atoms with van der Waals surface area (Å²) in [5, 5.41) is 12.7. The Hall–Kier alpha value is -2.60. The molecule has 1 heterocycles. The number of nitrogens with one attached hydrogen (secondary N) is 1. The van der Waals surface area contributed by atoms with Crippen LogP contribution >= 0.6 is 11.8 Å². The number of anilines is 1. The molecule has 1 N–H and O–H groups in total. The molecular formula is C23H26N4OS. The third-order valence-corrected chi connectivity index (χ3v) is 6.21. The molecule has 0 unspecified atom stereocenters. The highest BCUT2D eigenvalue weighted by molar-refractivity contribution is 7.99. The number of hydrogen-bond donors (Lipinski definition) is 1. The van der Waals surface area contributed by atoms with Crippen molar-refractivity contribution < 1.29 is 4.79 Å². The molecule has 0 saturated heterocycles. The van der Waals surface area contributed by atoms with Gasteiger partial charge in [0.2, 0.25) is 5.91 Å². The first-order valence-corrected chi connectivity index (χ1v) is 11.2. The standard InChI is InChI=1S/C23H26N4OS/c1-17-9-8-12-19(15-17)24-21(28)16-29-23-26-25-22(18-10-4-2-5-11-18)27(23)20-13-6-3-7-14-20/h3,6-9,12-15,18H,2,4-5,10-11,16H2,1H3,(H,24,28). The third-order valence-electron chi connectivity index (χ3n) is 5.28. The minimum absolute atomic E-state index is 0.0394. The van der Waals surface area contributed by atoms with Crippen molar-refractivity contribution in [3.63, 3.8) is 0 Å². The highest BCUT2D eigenvalue weighted by Gasteiger charge is 2.24. The van der Waals surface area contributed by atoms with Gasteiger partial charge in [-0.25, -0.2) is 0 Å². The Bertz CT molecular complexity index is 964. The van der Waals surface area contributed by atoms with Gasteiger partial charge in [0, 0.05) is 17.3 Å². The van der Waals surface area contributed by atoms with Crippen LogP contribution in [-0.2, 0) is 4.79 Å². The fourth-order valence-corrected chi connectivity index (χ4v) is 4.63. The van der Waals surface area contributed by atoms with Gasteiger partial charge in [0.05, 0.1) is 5.75 Å². The minimum atomic E-state index is -0.0394. The molecule has 0 atom stereocenters. The molecule has 6 heteroatoms. The highest BCUT2D eigenvalue weighted by Crippen LogP contribution is 2.34. The average molecular weight is 407 g/mol. The van der Waals surface area contributed by atoms with Crippen LogP contribution in [0.15, 0.2) is 59.8 Å². The Morgan fingerprint density at radius 1 is 1.07 bits per heavy atom. The van der Waals surface area contributed by atoms with E-state index in [1.165, 1.54) is 31.0 Å². The number of benzene rings is 2. The van der Waals surface area contributed by atoms with Crippen molar-refractivity contribution in [3.05, 3.63) is 66.0 Å². The minimum Gasteiger partial charge on any atom is -0.325 e. The fraction of sp³-hybridized carbons (Fsp3) is 0.348. The summed E-state index contributed by atoms with van der Waals surface area (Å²) < 4.78 is 2.14. The molecule has 0 radical (unpaired) electrons. The Morgan fingerprint density at radius 2 is 1.86 bits per heavy atom. The molecule has 1 aliphatic rings. The van der Waals surface area contributed by atoms with Gasteiger partial charge >= 0.3 is 0 Å². The van der Waals surface area contributed by atoms with Gasteiger partial charge in [-0.1, -0.05) is 61.4 Å². The zero-order valence-corrected chi connectivity index (χ0v) is 17.5. The Morgan fingerprint density at radius 3 is 2.62 bits per heavy atom. The second-order valence-corrected chi connectivity index (χ2v) is 8.50. The average Bonchev–Trinajstić information content (AvgIpc) is 3.17. The number of rotatable bonds is 6. The fourth-order valence-electron chi connectivity index (χ4n) is 3.87. The van der Waals surface area contributed by atoms with E-state index < -0.39 is 0 Å². The van der Waals surface area contributed by atoms with E-state index in [1.54, 1.807) is 0 Å². The van der Waals surface area contributed by atoms with Crippen LogP contribution in [0, 0.1) is 6.92 Å². The topological polar surface area (TPSA) is 59.8 Å². The number of carbonyl (C=O) groups is 1. The van der Waals surface area contributed by atoms with Crippen molar-refractivity contribution in [3.8, 4) is 5.69 Å². The maximum atomic E-state index is 12.5. The highest BCUT2D eigenvalue weighted by atomic mass is 32.2. The lowest BCUT2D eigenvalue weighted by Gasteiger charge is -2.22. The van der Waals surface area contributed by atoms with Crippen molar-refractivity contribution >= 4 is 23.4 Å². The molecule has 0 bridgehead atoms. The number of amides is 1. The number of hydrogen-bond acceptors (Lipinski definition) is 4. The van der Waals surface area contributed by atoms with Crippen molar-refractivity contribution in [2.45, 2.75) is 50.1 Å². The summed E-state index contributed by atoms with van der Waals surface area (Å²) in [4.78, 5) is 12.5. The second-order valence-electron chi connectivity index (χ2n) is 7.55. The van der Waals surface area contributed by atoms with Crippen LogP contribution in [-0.4, -0.2) is 26.4 Å². The van der Waals surface area contributed by atoms with Crippen molar-refractivity contribution in [1.29, 1.82) is 0 Å². The summed E-state index contributed by atoms with van der Waals surface area (Å²) in [6.45, 7) is 2.01. The maximum absolute atomic E-state index is 12.5. The van der Waals surface area contributed by atoms with E-state index in [0.29, 0.717) is 11.7 Å². The van der Waals surface area contributed by atoms with Crippen molar-refractivity contribution in [2.24, 2.45) is 0 Å². The number of carbonyl (C=O) groups excluding carboxylic acids is 1. The predicted octanol–water partition coefficient (Wildman–Crippen LogP) is 5.35. The quantitative estimate of drug-likeness (QED) is 0.560. The summed E-state index contributed by atoms with van der Waals surface area (Å²) in [6, 6.07) is 18.0. The molecule has 3 aromatic rings. The SMILES string of the molecule is Cc1cccc(NC(=O)CSc2nnc(C3CCCCC3)n2-c2ccccc2)c1. The van der Waals surface area contributed by atoms with Crippen LogP contribution in [0.3, 0.4) is 0 Å². The molecule has 0 aliphatic heterocycles. The molecule has 1 amide bonds. The lowest BCUT2D eigenvalue weighted by molar-refractivity contribution is -0.113. The molecule has 150 valence electrons. The van der Waals surface area contributed by atoms with E-state index >= 15 is 0 Å². The van der Waals surface area contributed by atoms with Gasteiger partial charge in [0.15, 0.2) is 5.16 Å². The van der Waals surface area contributed by atoms with Gasteiger partial charge in [-0.05, 0) is 49.6 Å². The second kappa shape index (κ2) is 9.27. The lowest BCUT2D eigenvalue weighted by atomic mass is 9.88. The van der Waals surface area contributed by atoms with E-state index in [1.807, 2.05) is 49.4 Å². The molecule has 1 saturated carbocycles. The first kappa shape index (κ1) is 19.7. The van der Waals surface area contributed by atoms with Crippen molar-refractivity contribution in [1.82, 2.24) is 14.8 Å². The number of nitrogens with zero attached hydrogens (tertiary/aromatic N) is 3. The Labute approximate surface area is 175 Å². The molecule has 1 aliphatic carbocycles. The zero-order chi connectivity index (χ0) is 20.1. The molecule has 4 rings (SSSR count). The summed E-state index contributed by atoms with van der Waals surface area (Å²) >= 11 is 1.44. The van der Waals surface area contributed by atoms with Crippen LogP contribution in [0.25, 0.3) is 5.69 Å². The van der Waals surface area contributed by atoms with Gasteiger partial charge in [-0.2, -0.15) is 0 Å². The summed E-state index contributed by atoms with van der Waals surface area (Å²) in [5.41, 5.74) is 3.00. The van der Waals surface area contributed by atoms with Gasteiger partial charge in [0.25, 0.3) is 0 Å². The lowest BCUT2D eigenvalue weighted by Crippen LogP contribution is -2.15. The van der Waals surface area contributed by atoms with E-state index in [0.717, 1.165) is 40.8 Å². The molecule has 1 fully saturated rings. The van der Waals surface area contributed by atoms with E-state index in [9.17, 15) is 4.79 Å².